The summed E-state index contributed by atoms with van der Waals surface area (Å²) in [5.74, 6) is 2.12. The molecule has 1 radical (unpaired) electrons. The molecule has 10 unspecified atom stereocenters. The molecule has 2 aromatic rings. The van der Waals surface area contributed by atoms with Crippen LogP contribution < -0.4 is 11.5 Å². The first kappa shape index (κ1) is 38.3. The van der Waals surface area contributed by atoms with Crippen molar-refractivity contribution >= 4 is 47.0 Å². The molecule has 0 saturated heterocycles. The van der Waals surface area contributed by atoms with Crippen molar-refractivity contribution in [2.45, 2.75) is 113 Å². The fourth-order valence-corrected chi connectivity index (χ4v) is 11.6. The number of nitrogens with two attached hydrogens (primary N) is 2. The van der Waals surface area contributed by atoms with Crippen molar-refractivity contribution in [1.29, 1.82) is 0 Å². The van der Waals surface area contributed by atoms with Crippen LogP contribution in [0.1, 0.15) is 113 Å². The topological polar surface area (TPSA) is 142 Å². The molecule has 6 saturated carbocycles. The van der Waals surface area contributed by atoms with E-state index in [1.165, 1.54) is 24.0 Å². The second-order valence-electron chi connectivity index (χ2n) is 15.7. The van der Waals surface area contributed by atoms with Gasteiger partial charge in [0, 0.05) is 23.7 Å². The molecular weight excluding hydrogens is 724 g/mol. The third-order valence-corrected chi connectivity index (χ3v) is 13.5. The Morgan fingerprint density at radius 2 is 0.961 bits per heavy atom. The van der Waals surface area contributed by atoms with Gasteiger partial charge in [0.2, 0.25) is 0 Å². The summed E-state index contributed by atoms with van der Waals surface area (Å²) < 4.78 is 0. The molecule has 51 heavy (non-hydrogen) atoms. The third kappa shape index (κ3) is 7.41. The molecule has 8 rings (SSSR count). The first-order chi connectivity index (χ1) is 24.2. The summed E-state index contributed by atoms with van der Waals surface area (Å²) in [6.07, 6.45) is 15.0. The summed E-state index contributed by atoms with van der Waals surface area (Å²) in [4.78, 5) is 0. The van der Waals surface area contributed by atoms with Crippen molar-refractivity contribution < 1.29 is 27.3 Å². The molecule has 0 spiro atoms. The van der Waals surface area contributed by atoms with Gasteiger partial charge in [-0.25, -0.2) is 0 Å². The smallest absolute Gasteiger partial charge is 0.741 e. The summed E-state index contributed by atoms with van der Waals surface area (Å²) in [6, 6.07) is 21.3. The Morgan fingerprint density at radius 3 is 1.33 bits per heavy atom. The van der Waals surface area contributed by atoms with Gasteiger partial charge in [0.1, 0.15) is 0 Å². The number of amidine groups is 2. The second-order valence-corrected chi connectivity index (χ2v) is 16.5. The van der Waals surface area contributed by atoms with E-state index >= 15 is 0 Å². The minimum atomic E-state index is -0.666. The Morgan fingerprint density at radius 1 is 0.569 bits per heavy atom. The SMILES string of the molecule is NC([S-])=N/N=C1\C2CCCC1C1(O)CCCCC1C2c1ccccc1.NC([S-])=N/N=C1\C2CCCC1C1(O)CCCCC1C2c1ccccc1.[Cu+2]. The number of aliphatic hydroxyl groups is 2. The van der Waals surface area contributed by atoms with Crippen LogP contribution in [0.15, 0.2) is 81.1 Å². The predicted octanol–water partition coefficient (Wildman–Crippen LogP) is 6.68. The van der Waals surface area contributed by atoms with Crippen molar-refractivity contribution in [1.82, 2.24) is 0 Å². The normalized spacial score (nSPS) is 39.1. The van der Waals surface area contributed by atoms with Crippen molar-refractivity contribution in [3.63, 3.8) is 0 Å². The quantitative estimate of drug-likeness (QED) is 0.0899. The Balaban J connectivity index is 0.000000172. The van der Waals surface area contributed by atoms with Crippen LogP contribution in [0.3, 0.4) is 0 Å². The van der Waals surface area contributed by atoms with Gasteiger partial charge in [-0.2, -0.15) is 20.4 Å². The van der Waals surface area contributed by atoms with Crippen LogP contribution in [0, 0.1) is 35.5 Å². The van der Waals surface area contributed by atoms with E-state index in [1.807, 2.05) is 0 Å². The Kier molecular flexibility index (Phi) is 12.3. The van der Waals surface area contributed by atoms with Crippen LogP contribution in [0.5, 0.6) is 0 Å². The molecular formula is C40H52CuN6O2S2. The maximum atomic E-state index is 11.8. The summed E-state index contributed by atoms with van der Waals surface area (Å²) in [5, 5.41) is 40.7. The van der Waals surface area contributed by atoms with E-state index in [2.05, 4.69) is 81.1 Å². The van der Waals surface area contributed by atoms with Gasteiger partial charge in [-0.1, -0.05) is 99.2 Å². The number of rotatable bonds is 4. The van der Waals surface area contributed by atoms with Crippen LogP contribution in [-0.2, 0) is 42.3 Å². The zero-order chi connectivity index (χ0) is 34.9. The van der Waals surface area contributed by atoms with Crippen LogP contribution >= 0.6 is 0 Å². The van der Waals surface area contributed by atoms with E-state index in [9.17, 15) is 10.2 Å². The number of nitrogens with zero attached hydrogens (tertiary/aromatic N) is 4. The van der Waals surface area contributed by atoms with Crippen LogP contribution in [0.2, 0.25) is 0 Å². The molecule has 10 atom stereocenters. The van der Waals surface area contributed by atoms with E-state index in [0.29, 0.717) is 35.5 Å². The first-order valence-corrected chi connectivity index (χ1v) is 19.7. The molecule has 0 heterocycles. The molecule has 6 aliphatic carbocycles. The van der Waals surface area contributed by atoms with E-state index in [1.54, 1.807) is 0 Å². The predicted molar refractivity (Wildman–Crippen MR) is 207 cm³/mol. The summed E-state index contributed by atoms with van der Waals surface area (Å²) >= 11 is 9.81. The van der Waals surface area contributed by atoms with Gasteiger partial charge in [-0.15, -0.1) is 0 Å². The van der Waals surface area contributed by atoms with Gasteiger partial charge in [-0.3, -0.25) is 0 Å². The maximum absolute atomic E-state index is 11.8. The second kappa shape index (κ2) is 16.3. The molecule has 6 aliphatic rings. The Bertz CT molecular complexity index is 1500. The molecule has 0 aliphatic heterocycles. The fraction of sp³-hybridized carbons (Fsp3) is 0.600. The van der Waals surface area contributed by atoms with Crippen LogP contribution in [0.25, 0.3) is 0 Å². The van der Waals surface area contributed by atoms with E-state index in [0.717, 1.165) is 88.5 Å². The van der Waals surface area contributed by atoms with Crippen molar-refractivity contribution in [3.8, 4) is 0 Å². The van der Waals surface area contributed by atoms with E-state index in [4.69, 9.17) is 36.7 Å². The average molecular weight is 777 g/mol. The standard InChI is InChI=1S/2C20H27N3OS.Cu/c2*21-19(25)23-22-18-14-9-6-11-16(18)20(24)12-5-4-10-15(20)17(14)13-7-2-1-3-8-13;/h2*1-3,7-8,14-17,24H,4-6,9-12H2,(H3,21,23,25);/q;;+2/p-2/b2*22-18+;. The van der Waals surface area contributed by atoms with E-state index in [-0.39, 0.29) is 39.2 Å². The van der Waals surface area contributed by atoms with Gasteiger partial charge < -0.3 is 46.9 Å². The molecule has 0 aromatic heterocycles. The zero-order valence-electron chi connectivity index (χ0n) is 29.2. The van der Waals surface area contributed by atoms with Crippen LogP contribution in [0.4, 0.5) is 0 Å². The van der Waals surface area contributed by atoms with Gasteiger partial charge >= 0.3 is 17.1 Å². The third-order valence-electron chi connectivity index (χ3n) is 13.3. The molecule has 11 heteroatoms. The summed E-state index contributed by atoms with van der Waals surface area (Å²) in [6.45, 7) is 0. The van der Waals surface area contributed by atoms with Crippen LogP contribution in [-0.4, -0.2) is 43.2 Å². The summed E-state index contributed by atoms with van der Waals surface area (Å²) in [7, 11) is 0. The molecule has 2 aromatic carbocycles. The molecule has 8 nitrogen and oxygen atoms in total. The maximum Gasteiger partial charge on any atom is 2.00 e. The monoisotopic (exact) mass is 775 g/mol. The molecule has 6 N–H and O–H groups in total. The van der Waals surface area contributed by atoms with Crippen molar-refractivity contribution in [3.05, 3.63) is 71.8 Å². The van der Waals surface area contributed by atoms with Crippen molar-refractivity contribution in [2.24, 2.45) is 67.4 Å². The summed E-state index contributed by atoms with van der Waals surface area (Å²) in [5.41, 5.74) is 14.5. The molecule has 4 bridgehead atoms. The van der Waals surface area contributed by atoms with Gasteiger partial charge in [0.25, 0.3) is 0 Å². The van der Waals surface area contributed by atoms with Gasteiger partial charge in [0.15, 0.2) is 0 Å². The largest absolute Gasteiger partial charge is 2.00 e. The minimum absolute atomic E-state index is 0. The van der Waals surface area contributed by atoms with E-state index < -0.39 is 11.2 Å². The average Bonchev–Trinajstić information content (AvgIpc) is 3.12. The fourth-order valence-electron chi connectivity index (χ4n) is 11.5. The Labute approximate surface area is 324 Å². The zero-order valence-corrected chi connectivity index (χ0v) is 31.8. The van der Waals surface area contributed by atoms with Crippen molar-refractivity contribution in [2.75, 3.05) is 0 Å². The molecule has 0 amide bonds. The number of benzene rings is 2. The van der Waals surface area contributed by atoms with Gasteiger partial charge in [-0.05, 0) is 96.5 Å². The first-order valence-electron chi connectivity index (χ1n) is 18.9. The van der Waals surface area contributed by atoms with Gasteiger partial charge in [0.05, 0.1) is 22.6 Å². The molecule has 277 valence electrons. The number of hydrogen-bond donors (Lipinski definition) is 4. The Hall–Kier alpha value is -2.40. The number of hydrogen-bond acceptors (Lipinski definition) is 8. The minimum Gasteiger partial charge on any atom is -0.741 e. The molecule has 6 fully saturated rings. The number of fused-ring (bicyclic) bond motifs is 8.